The van der Waals surface area contributed by atoms with E-state index in [-0.39, 0.29) is 5.82 Å². The molecule has 2 aromatic carbocycles. The monoisotopic (exact) mass is 228 g/mol. The Morgan fingerprint density at radius 1 is 1.12 bits per heavy atom. The van der Waals surface area contributed by atoms with E-state index in [9.17, 15) is 4.39 Å². The lowest BCUT2D eigenvalue weighted by Gasteiger charge is -2.05. The number of rotatable bonds is 3. The molecule has 0 aliphatic carbocycles. The van der Waals surface area contributed by atoms with Gasteiger partial charge in [0.2, 0.25) is 0 Å². The van der Waals surface area contributed by atoms with Gasteiger partial charge in [-0.1, -0.05) is 35.9 Å². The van der Waals surface area contributed by atoms with E-state index in [0.717, 1.165) is 29.2 Å². The second-order valence-corrected chi connectivity index (χ2v) is 4.40. The summed E-state index contributed by atoms with van der Waals surface area (Å²) in [5, 5.41) is 2.10. The molecule has 0 saturated heterocycles. The normalized spacial score (nSPS) is 11.5. The third-order valence-corrected chi connectivity index (χ3v) is 2.98. The number of benzene rings is 2. The third-order valence-electron chi connectivity index (χ3n) is 2.98. The molecule has 0 spiro atoms. The van der Waals surface area contributed by atoms with Crippen molar-refractivity contribution >= 4 is 10.8 Å². The molecule has 88 valence electrons. The maximum Gasteiger partial charge on any atom is 0.127 e. The first kappa shape index (κ1) is 11.8. The Labute approximate surface area is 102 Å². The van der Waals surface area contributed by atoms with Gasteiger partial charge in [-0.15, -0.1) is 0 Å². The molecule has 0 aliphatic rings. The minimum Gasteiger partial charge on any atom is -0.207 e. The van der Waals surface area contributed by atoms with E-state index in [1.807, 2.05) is 32.1 Å². The molecule has 0 saturated carbocycles. The van der Waals surface area contributed by atoms with Crippen LogP contribution in [0.1, 0.15) is 24.5 Å². The SMILES string of the molecule is C/C=C/CCc1cc2ccc(C)cc2cc1F. The summed E-state index contributed by atoms with van der Waals surface area (Å²) in [4.78, 5) is 0. The maximum atomic E-state index is 13.9. The van der Waals surface area contributed by atoms with Gasteiger partial charge in [-0.3, -0.25) is 0 Å². The summed E-state index contributed by atoms with van der Waals surface area (Å²) in [5.74, 6) is -0.0902. The van der Waals surface area contributed by atoms with E-state index in [0.29, 0.717) is 0 Å². The first-order valence-corrected chi connectivity index (χ1v) is 6.00. The highest BCUT2D eigenvalue weighted by molar-refractivity contribution is 5.84. The van der Waals surface area contributed by atoms with Gasteiger partial charge in [-0.2, -0.15) is 0 Å². The van der Waals surface area contributed by atoms with Crippen molar-refractivity contribution < 1.29 is 4.39 Å². The number of hydrogen-bond donors (Lipinski definition) is 0. The zero-order chi connectivity index (χ0) is 12.3. The Kier molecular flexibility index (Phi) is 3.58. The van der Waals surface area contributed by atoms with Crippen LogP contribution in [-0.4, -0.2) is 0 Å². The average molecular weight is 228 g/mol. The zero-order valence-corrected chi connectivity index (χ0v) is 10.3. The predicted molar refractivity (Wildman–Crippen MR) is 71.8 cm³/mol. The number of halogens is 1. The highest BCUT2D eigenvalue weighted by Crippen LogP contribution is 2.21. The molecule has 0 bridgehead atoms. The lowest BCUT2D eigenvalue weighted by Crippen LogP contribution is -1.90. The molecular formula is C16H17F. The number of hydrogen-bond acceptors (Lipinski definition) is 0. The van der Waals surface area contributed by atoms with E-state index in [1.165, 1.54) is 5.56 Å². The van der Waals surface area contributed by atoms with Crippen LogP contribution in [-0.2, 0) is 6.42 Å². The first-order chi connectivity index (χ1) is 8.20. The van der Waals surface area contributed by atoms with Gasteiger partial charge >= 0.3 is 0 Å². The molecule has 0 unspecified atom stereocenters. The van der Waals surface area contributed by atoms with E-state index < -0.39 is 0 Å². The summed E-state index contributed by atoms with van der Waals surface area (Å²) in [6, 6.07) is 9.76. The van der Waals surface area contributed by atoms with Crippen LogP contribution in [0.15, 0.2) is 42.5 Å². The minimum atomic E-state index is -0.0902. The average Bonchev–Trinajstić information content (AvgIpc) is 2.30. The fourth-order valence-electron chi connectivity index (χ4n) is 2.03. The van der Waals surface area contributed by atoms with Crippen LogP contribution >= 0.6 is 0 Å². The van der Waals surface area contributed by atoms with Crippen molar-refractivity contribution in [2.45, 2.75) is 26.7 Å². The van der Waals surface area contributed by atoms with Crippen LogP contribution in [0.2, 0.25) is 0 Å². The highest BCUT2D eigenvalue weighted by atomic mass is 19.1. The molecule has 1 heteroatoms. The first-order valence-electron chi connectivity index (χ1n) is 6.00. The van der Waals surface area contributed by atoms with E-state index in [1.54, 1.807) is 6.07 Å². The largest absolute Gasteiger partial charge is 0.207 e. The Morgan fingerprint density at radius 3 is 2.71 bits per heavy atom. The maximum absolute atomic E-state index is 13.9. The van der Waals surface area contributed by atoms with Gasteiger partial charge in [-0.05, 0) is 55.2 Å². The second kappa shape index (κ2) is 5.13. The lowest BCUT2D eigenvalue weighted by molar-refractivity contribution is 0.611. The molecular weight excluding hydrogens is 211 g/mol. The second-order valence-electron chi connectivity index (χ2n) is 4.40. The fourth-order valence-corrected chi connectivity index (χ4v) is 2.03. The van der Waals surface area contributed by atoms with Crippen molar-refractivity contribution in [3.8, 4) is 0 Å². The van der Waals surface area contributed by atoms with Crippen molar-refractivity contribution in [2.75, 3.05) is 0 Å². The summed E-state index contributed by atoms with van der Waals surface area (Å²) in [6.07, 6.45) is 5.73. The van der Waals surface area contributed by atoms with Crippen LogP contribution in [0, 0.1) is 12.7 Å². The van der Waals surface area contributed by atoms with Gasteiger partial charge in [-0.25, -0.2) is 4.39 Å². The molecule has 0 aliphatic heterocycles. The van der Waals surface area contributed by atoms with Gasteiger partial charge in [0.25, 0.3) is 0 Å². The molecule has 0 heterocycles. The molecule has 0 N–H and O–H groups in total. The predicted octanol–water partition coefficient (Wildman–Crippen LogP) is 4.80. The van der Waals surface area contributed by atoms with Crippen LogP contribution in [0.25, 0.3) is 10.8 Å². The van der Waals surface area contributed by atoms with Crippen molar-refractivity contribution in [1.29, 1.82) is 0 Å². The number of allylic oxidation sites excluding steroid dienone is 2. The molecule has 0 nitrogen and oxygen atoms in total. The molecule has 2 rings (SSSR count). The quantitative estimate of drug-likeness (QED) is 0.662. The molecule has 0 fully saturated rings. The molecule has 2 aromatic rings. The van der Waals surface area contributed by atoms with Gasteiger partial charge in [0.1, 0.15) is 5.82 Å². The van der Waals surface area contributed by atoms with Crippen molar-refractivity contribution in [1.82, 2.24) is 0 Å². The van der Waals surface area contributed by atoms with Gasteiger partial charge in [0.15, 0.2) is 0 Å². The molecule has 0 aromatic heterocycles. The fraction of sp³-hybridized carbons (Fsp3) is 0.250. The summed E-state index contributed by atoms with van der Waals surface area (Å²) in [6.45, 7) is 4.01. The number of aryl methyl sites for hydroxylation is 2. The van der Waals surface area contributed by atoms with Crippen molar-refractivity contribution in [2.24, 2.45) is 0 Å². The Balaban J connectivity index is 2.37. The van der Waals surface area contributed by atoms with Gasteiger partial charge < -0.3 is 0 Å². The molecule has 0 radical (unpaired) electrons. The Morgan fingerprint density at radius 2 is 1.94 bits per heavy atom. The Bertz CT molecular complexity index is 553. The van der Waals surface area contributed by atoms with Crippen LogP contribution in [0.3, 0.4) is 0 Å². The van der Waals surface area contributed by atoms with E-state index in [2.05, 4.69) is 18.2 Å². The number of fused-ring (bicyclic) bond motifs is 1. The van der Waals surface area contributed by atoms with Crippen LogP contribution in [0.5, 0.6) is 0 Å². The Hall–Kier alpha value is -1.63. The van der Waals surface area contributed by atoms with Crippen molar-refractivity contribution in [3.63, 3.8) is 0 Å². The molecule has 17 heavy (non-hydrogen) atoms. The minimum absolute atomic E-state index is 0.0902. The summed E-state index contributed by atoms with van der Waals surface area (Å²) >= 11 is 0. The summed E-state index contributed by atoms with van der Waals surface area (Å²) in [5.41, 5.74) is 1.97. The smallest absolute Gasteiger partial charge is 0.127 e. The third kappa shape index (κ3) is 2.73. The van der Waals surface area contributed by atoms with Gasteiger partial charge in [0, 0.05) is 0 Å². The van der Waals surface area contributed by atoms with Crippen LogP contribution < -0.4 is 0 Å². The molecule has 0 amide bonds. The summed E-state index contributed by atoms with van der Waals surface area (Å²) < 4.78 is 13.9. The summed E-state index contributed by atoms with van der Waals surface area (Å²) in [7, 11) is 0. The van der Waals surface area contributed by atoms with E-state index >= 15 is 0 Å². The van der Waals surface area contributed by atoms with Gasteiger partial charge in [0.05, 0.1) is 0 Å². The van der Waals surface area contributed by atoms with E-state index in [4.69, 9.17) is 0 Å². The van der Waals surface area contributed by atoms with Crippen molar-refractivity contribution in [3.05, 3.63) is 59.4 Å². The molecule has 0 atom stereocenters. The highest BCUT2D eigenvalue weighted by Gasteiger charge is 2.04. The standard InChI is InChI=1S/C16H17F/c1-3-4-5-6-14-10-13-8-7-12(2)9-15(13)11-16(14)17/h3-4,7-11H,5-6H2,1-2H3/b4-3+. The topological polar surface area (TPSA) is 0 Å². The lowest BCUT2D eigenvalue weighted by atomic mass is 10.0. The zero-order valence-electron chi connectivity index (χ0n) is 10.3. The van der Waals surface area contributed by atoms with Crippen LogP contribution in [0.4, 0.5) is 4.39 Å².